The fourth-order valence-electron chi connectivity index (χ4n) is 2.86. The van der Waals surface area contributed by atoms with Gasteiger partial charge in [0.15, 0.2) is 11.0 Å². The number of amides is 2. The topological polar surface area (TPSA) is 88.9 Å². The molecule has 9 heteroatoms. The number of allylic oxidation sites excluding steroid dienone is 1. The number of benzene rings is 2. The third-order valence-corrected chi connectivity index (χ3v) is 5.60. The summed E-state index contributed by atoms with van der Waals surface area (Å²) in [7, 11) is 0. The zero-order valence-electron chi connectivity index (χ0n) is 16.9. The summed E-state index contributed by atoms with van der Waals surface area (Å²) in [5, 5.41) is 15.1. The summed E-state index contributed by atoms with van der Waals surface area (Å²) in [4.78, 5) is 24.8. The van der Waals surface area contributed by atoms with Gasteiger partial charge in [0.25, 0.3) is 5.91 Å². The van der Waals surface area contributed by atoms with Gasteiger partial charge in [-0.25, -0.2) is 0 Å². The molecule has 0 aliphatic rings. The molecule has 0 bridgehead atoms. The van der Waals surface area contributed by atoms with Crippen molar-refractivity contribution < 1.29 is 9.59 Å². The summed E-state index contributed by atoms with van der Waals surface area (Å²) in [6, 6.07) is 15.7. The van der Waals surface area contributed by atoms with Gasteiger partial charge < -0.3 is 15.2 Å². The zero-order valence-corrected chi connectivity index (χ0v) is 18.5. The number of rotatable bonds is 9. The average Bonchev–Trinajstić information content (AvgIpc) is 3.16. The number of hydrogen-bond acceptors (Lipinski definition) is 5. The van der Waals surface area contributed by atoms with Crippen LogP contribution in [0.1, 0.15) is 29.1 Å². The molecule has 1 aromatic heterocycles. The summed E-state index contributed by atoms with van der Waals surface area (Å²) in [6.07, 6.45) is 1.71. The molecule has 0 saturated carbocycles. The van der Waals surface area contributed by atoms with Crippen molar-refractivity contribution in [3.63, 3.8) is 0 Å². The van der Waals surface area contributed by atoms with Crippen molar-refractivity contribution in [2.75, 3.05) is 11.1 Å². The Kier molecular flexibility index (Phi) is 7.86. The summed E-state index contributed by atoms with van der Waals surface area (Å²) in [5.41, 5.74) is 1.12. The minimum atomic E-state index is -0.427. The van der Waals surface area contributed by atoms with Crippen molar-refractivity contribution in [1.82, 2.24) is 20.1 Å². The Morgan fingerprint density at radius 3 is 2.58 bits per heavy atom. The lowest BCUT2D eigenvalue weighted by molar-refractivity contribution is -0.113. The molecule has 2 N–H and O–H groups in total. The van der Waals surface area contributed by atoms with Crippen LogP contribution in [0.3, 0.4) is 0 Å². The Morgan fingerprint density at radius 2 is 1.87 bits per heavy atom. The van der Waals surface area contributed by atoms with E-state index in [-0.39, 0.29) is 17.6 Å². The van der Waals surface area contributed by atoms with Crippen LogP contribution in [0.4, 0.5) is 5.69 Å². The van der Waals surface area contributed by atoms with Crippen LogP contribution >= 0.6 is 23.4 Å². The molecule has 3 rings (SSSR count). The minimum Gasteiger partial charge on any atom is -0.342 e. The zero-order chi connectivity index (χ0) is 22.2. The number of aromatic nitrogens is 3. The quantitative estimate of drug-likeness (QED) is 0.370. The molecular formula is C22H22ClN5O2S. The van der Waals surface area contributed by atoms with Gasteiger partial charge >= 0.3 is 0 Å². The van der Waals surface area contributed by atoms with Gasteiger partial charge in [-0.05, 0) is 31.2 Å². The number of thioether (sulfide) groups is 1. The third kappa shape index (κ3) is 5.96. The molecule has 31 heavy (non-hydrogen) atoms. The number of hydrogen-bond donors (Lipinski definition) is 2. The van der Waals surface area contributed by atoms with E-state index in [9.17, 15) is 9.59 Å². The van der Waals surface area contributed by atoms with Crippen LogP contribution in [0, 0.1) is 0 Å². The molecular weight excluding hydrogens is 434 g/mol. The van der Waals surface area contributed by atoms with Gasteiger partial charge in [-0.15, -0.1) is 16.8 Å². The molecule has 3 aromatic rings. The Balaban J connectivity index is 1.67. The maximum Gasteiger partial charge on any atom is 0.253 e. The van der Waals surface area contributed by atoms with E-state index in [0.29, 0.717) is 28.1 Å². The van der Waals surface area contributed by atoms with E-state index in [1.165, 1.54) is 11.8 Å². The van der Waals surface area contributed by atoms with Crippen molar-refractivity contribution in [3.05, 3.63) is 83.7 Å². The number of carbonyl (C=O) groups excluding carboxylic acids is 2. The molecule has 0 fully saturated rings. The number of halogens is 1. The standard InChI is InChI=1S/C22H22ClN5O2S/c1-3-13-28-20(15(2)24-21(30)17-11-7-8-12-18(17)23)26-27-22(28)31-14-19(29)25-16-9-5-4-6-10-16/h3-12,15H,1,13-14H2,2H3,(H,24,30)(H,25,29)/t15-/m1/s1. The number of nitrogens with one attached hydrogen (secondary N) is 2. The van der Waals surface area contributed by atoms with Crippen molar-refractivity contribution >= 4 is 40.9 Å². The van der Waals surface area contributed by atoms with E-state index in [2.05, 4.69) is 27.4 Å². The molecule has 7 nitrogen and oxygen atoms in total. The lowest BCUT2D eigenvalue weighted by atomic mass is 10.2. The monoisotopic (exact) mass is 455 g/mol. The van der Waals surface area contributed by atoms with Gasteiger partial charge in [0.1, 0.15) is 0 Å². The van der Waals surface area contributed by atoms with Gasteiger partial charge in [0.05, 0.1) is 22.4 Å². The molecule has 2 amide bonds. The Bertz CT molecular complexity index is 1070. The lowest BCUT2D eigenvalue weighted by Crippen LogP contribution is -2.29. The minimum absolute atomic E-state index is 0.147. The Labute approximate surface area is 189 Å². The molecule has 1 atom stereocenters. The normalized spacial score (nSPS) is 11.5. The average molecular weight is 456 g/mol. The maximum absolute atomic E-state index is 12.6. The molecule has 2 aromatic carbocycles. The summed E-state index contributed by atoms with van der Waals surface area (Å²) < 4.78 is 1.82. The second-order valence-corrected chi connectivity index (χ2v) is 7.97. The van der Waals surface area contributed by atoms with Gasteiger partial charge in [0, 0.05) is 12.2 Å². The number of carbonyl (C=O) groups is 2. The molecule has 160 valence electrons. The number of anilines is 1. The van der Waals surface area contributed by atoms with Gasteiger partial charge in [-0.2, -0.15) is 0 Å². The first kappa shape index (κ1) is 22.6. The molecule has 0 spiro atoms. The molecule has 0 saturated heterocycles. The lowest BCUT2D eigenvalue weighted by Gasteiger charge is -2.15. The highest BCUT2D eigenvalue weighted by molar-refractivity contribution is 7.99. The summed E-state index contributed by atoms with van der Waals surface area (Å²) in [6.45, 7) is 6.03. The highest BCUT2D eigenvalue weighted by Gasteiger charge is 2.21. The summed E-state index contributed by atoms with van der Waals surface area (Å²) in [5.74, 6) is 0.282. The highest BCUT2D eigenvalue weighted by atomic mass is 35.5. The second-order valence-electron chi connectivity index (χ2n) is 6.62. The highest BCUT2D eigenvalue weighted by Crippen LogP contribution is 2.22. The predicted octanol–water partition coefficient (Wildman–Crippen LogP) is 4.34. The smallest absolute Gasteiger partial charge is 0.253 e. The fourth-order valence-corrected chi connectivity index (χ4v) is 3.84. The van der Waals surface area contributed by atoms with Crippen molar-refractivity contribution in [2.45, 2.75) is 24.7 Å². The van der Waals surface area contributed by atoms with E-state index < -0.39 is 6.04 Å². The first-order valence-electron chi connectivity index (χ1n) is 9.56. The van der Waals surface area contributed by atoms with Crippen LogP contribution in [0.2, 0.25) is 5.02 Å². The Hall–Kier alpha value is -3.10. The van der Waals surface area contributed by atoms with Crippen molar-refractivity contribution in [2.24, 2.45) is 0 Å². The molecule has 0 radical (unpaired) electrons. The second kappa shape index (κ2) is 10.8. The van der Waals surface area contributed by atoms with E-state index >= 15 is 0 Å². The maximum atomic E-state index is 12.6. The van der Waals surface area contributed by atoms with Crippen LogP contribution in [0.15, 0.2) is 72.4 Å². The van der Waals surface area contributed by atoms with Crippen LogP contribution in [-0.2, 0) is 11.3 Å². The number of para-hydroxylation sites is 1. The SMILES string of the molecule is C=CCn1c(SCC(=O)Nc2ccccc2)nnc1[C@@H](C)NC(=O)c1ccccc1Cl. The van der Waals surface area contributed by atoms with E-state index in [0.717, 1.165) is 5.69 Å². The van der Waals surface area contributed by atoms with E-state index in [4.69, 9.17) is 11.6 Å². The van der Waals surface area contributed by atoms with E-state index in [1.807, 2.05) is 41.8 Å². The van der Waals surface area contributed by atoms with Crippen LogP contribution in [0.25, 0.3) is 0 Å². The van der Waals surface area contributed by atoms with Crippen LogP contribution in [0.5, 0.6) is 0 Å². The summed E-state index contributed by atoms with van der Waals surface area (Å²) >= 11 is 7.38. The molecule has 0 unspecified atom stereocenters. The van der Waals surface area contributed by atoms with Gasteiger partial charge in [-0.3, -0.25) is 9.59 Å². The predicted molar refractivity (Wildman–Crippen MR) is 123 cm³/mol. The number of nitrogens with zero attached hydrogens (tertiary/aromatic N) is 3. The molecule has 0 aliphatic heterocycles. The third-order valence-electron chi connectivity index (χ3n) is 4.30. The van der Waals surface area contributed by atoms with Crippen molar-refractivity contribution in [1.29, 1.82) is 0 Å². The van der Waals surface area contributed by atoms with Gasteiger partial charge in [0.2, 0.25) is 5.91 Å². The fraction of sp³-hybridized carbons (Fsp3) is 0.182. The molecule has 1 heterocycles. The van der Waals surface area contributed by atoms with Gasteiger partial charge in [-0.1, -0.05) is 59.8 Å². The Morgan fingerprint density at radius 1 is 1.16 bits per heavy atom. The first-order valence-corrected chi connectivity index (χ1v) is 10.9. The first-order chi connectivity index (χ1) is 15.0. The van der Waals surface area contributed by atoms with Crippen molar-refractivity contribution in [3.8, 4) is 0 Å². The molecule has 0 aliphatic carbocycles. The largest absolute Gasteiger partial charge is 0.342 e. The van der Waals surface area contributed by atoms with Crippen LogP contribution in [-0.4, -0.2) is 32.3 Å². The van der Waals surface area contributed by atoms with Crippen LogP contribution < -0.4 is 10.6 Å². The van der Waals surface area contributed by atoms with E-state index in [1.54, 1.807) is 30.3 Å².